The lowest BCUT2D eigenvalue weighted by atomic mass is 10.2. The zero-order valence-electron chi connectivity index (χ0n) is 10.3. The van der Waals surface area contributed by atoms with Crippen molar-refractivity contribution in [3.05, 3.63) is 58.3 Å². The number of aromatic nitrogens is 1. The minimum absolute atomic E-state index is 0.237. The Hall–Kier alpha value is -1.88. The fourth-order valence-electron chi connectivity index (χ4n) is 1.48. The highest BCUT2D eigenvalue weighted by Crippen LogP contribution is 2.25. The molecule has 0 atom stereocenters. The van der Waals surface area contributed by atoms with Crippen LogP contribution in [0, 0.1) is 0 Å². The van der Waals surface area contributed by atoms with E-state index in [0.29, 0.717) is 16.8 Å². The fraction of sp³-hybridized carbons (Fsp3) is 0.143. The number of esters is 1. The first-order chi connectivity index (χ1) is 9.20. The van der Waals surface area contributed by atoms with E-state index in [1.807, 2.05) is 30.3 Å². The molecule has 0 saturated heterocycles. The van der Waals surface area contributed by atoms with Crippen LogP contribution < -0.4 is 4.74 Å². The summed E-state index contributed by atoms with van der Waals surface area (Å²) in [5.41, 5.74) is 1.30. The maximum absolute atomic E-state index is 11.3. The van der Waals surface area contributed by atoms with Gasteiger partial charge in [0, 0.05) is 0 Å². The minimum atomic E-state index is -0.477. The standard InChI is InChI=1S/C14H12BrNO3/c1-18-14(17)12-7-11(15)13(8-16-12)19-9-10-5-3-2-4-6-10/h2-8H,9H2,1H3. The zero-order valence-corrected chi connectivity index (χ0v) is 11.9. The van der Waals surface area contributed by atoms with Crippen molar-refractivity contribution in [1.82, 2.24) is 4.98 Å². The second-order valence-electron chi connectivity index (χ2n) is 3.77. The highest BCUT2D eigenvalue weighted by Gasteiger charge is 2.10. The molecule has 0 saturated carbocycles. The Morgan fingerprint density at radius 2 is 2.05 bits per heavy atom. The summed E-state index contributed by atoms with van der Waals surface area (Å²) in [5.74, 6) is 0.104. The monoisotopic (exact) mass is 321 g/mol. The lowest BCUT2D eigenvalue weighted by Crippen LogP contribution is -2.05. The minimum Gasteiger partial charge on any atom is -0.486 e. The van der Waals surface area contributed by atoms with E-state index in [1.165, 1.54) is 13.3 Å². The van der Waals surface area contributed by atoms with Gasteiger partial charge in [-0.25, -0.2) is 9.78 Å². The van der Waals surface area contributed by atoms with Gasteiger partial charge >= 0.3 is 5.97 Å². The maximum atomic E-state index is 11.3. The van der Waals surface area contributed by atoms with E-state index in [1.54, 1.807) is 6.07 Å². The molecule has 1 aromatic heterocycles. The highest BCUT2D eigenvalue weighted by molar-refractivity contribution is 9.10. The molecule has 0 aliphatic rings. The number of nitrogens with zero attached hydrogens (tertiary/aromatic N) is 1. The van der Waals surface area contributed by atoms with Gasteiger partial charge in [-0.05, 0) is 27.6 Å². The Kier molecular flexibility index (Phi) is 4.52. The lowest BCUT2D eigenvalue weighted by Gasteiger charge is -2.08. The van der Waals surface area contributed by atoms with Gasteiger partial charge in [-0.3, -0.25) is 0 Å². The number of ether oxygens (including phenoxy) is 2. The van der Waals surface area contributed by atoms with Gasteiger partial charge in [0.15, 0.2) is 5.75 Å². The van der Waals surface area contributed by atoms with Crippen LogP contribution in [0.4, 0.5) is 0 Å². The van der Waals surface area contributed by atoms with Crippen molar-refractivity contribution in [2.24, 2.45) is 0 Å². The van der Waals surface area contributed by atoms with Crippen LogP contribution in [0.25, 0.3) is 0 Å². The number of hydrogen-bond donors (Lipinski definition) is 0. The van der Waals surface area contributed by atoms with Crippen LogP contribution in [-0.2, 0) is 11.3 Å². The summed E-state index contributed by atoms with van der Waals surface area (Å²) in [6, 6.07) is 11.4. The van der Waals surface area contributed by atoms with Gasteiger partial charge in [-0.1, -0.05) is 30.3 Å². The zero-order chi connectivity index (χ0) is 13.7. The third-order valence-corrected chi connectivity index (χ3v) is 3.07. The SMILES string of the molecule is COC(=O)c1cc(Br)c(OCc2ccccc2)cn1. The summed E-state index contributed by atoms with van der Waals surface area (Å²) in [5, 5.41) is 0. The van der Waals surface area contributed by atoms with E-state index in [4.69, 9.17) is 4.74 Å². The van der Waals surface area contributed by atoms with E-state index in [0.717, 1.165) is 5.56 Å². The highest BCUT2D eigenvalue weighted by atomic mass is 79.9. The molecule has 2 aromatic rings. The predicted octanol–water partition coefficient (Wildman–Crippen LogP) is 3.21. The molecular formula is C14H12BrNO3. The van der Waals surface area contributed by atoms with Crippen LogP contribution in [0.3, 0.4) is 0 Å². The molecule has 0 fully saturated rings. The Balaban J connectivity index is 2.07. The van der Waals surface area contributed by atoms with Crippen LogP contribution in [0.2, 0.25) is 0 Å². The molecule has 98 valence electrons. The average molecular weight is 322 g/mol. The third kappa shape index (κ3) is 3.54. The smallest absolute Gasteiger partial charge is 0.356 e. The first kappa shape index (κ1) is 13.5. The number of hydrogen-bond acceptors (Lipinski definition) is 4. The van der Waals surface area contributed by atoms with Crippen molar-refractivity contribution in [3.8, 4) is 5.75 Å². The number of rotatable bonds is 4. The van der Waals surface area contributed by atoms with Gasteiger partial charge in [0.05, 0.1) is 17.8 Å². The van der Waals surface area contributed by atoms with Crippen molar-refractivity contribution in [2.45, 2.75) is 6.61 Å². The molecule has 0 N–H and O–H groups in total. The van der Waals surface area contributed by atoms with Gasteiger partial charge in [-0.15, -0.1) is 0 Å². The molecular weight excluding hydrogens is 310 g/mol. The second kappa shape index (κ2) is 6.33. The van der Waals surface area contributed by atoms with Gasteiger partial charge in [-0.2, -0.15) is 0 Å². The van der Waals surface area contributed by atoms with Crippen molar-refractivity contribution < 1.29 is 14.3 Å². The van der Waals surface area contributed by atoms with E-state index in [9.17, 15) is 4.79 Å². The topological polar surface area (TPSA) is 48.4 Å². The number of halogens is 1. The molecule has 0 radical (unpaired) electrons. The first-order valence-corrected chi connectivity index (χ1v) is 6.40. The van der Waals surface area contributed by atoms with Crippen LogP contribution in [-0.4, -0.2) is 18.1 Å². The molecule has 5 heteroatoms. The Labute approximate surface area is 119 Å². The molecule has 19 heavy (non-hydrogen) atoms. The fourth-order valence-corrected chi connectivity index (χ4v) is 1.91. The van der Waals surface area contributed by atoms with Crippen LogP contribution >= 0.6 is 15.9 Å². The Bertz CT molecular complexity index is 572. The van der Waals surface area contributed by atoms with Crippen molar-refractivity contribution in [2.75, 3.05) is 7.11 Å². The number of pyridine rings is 1. The Morgan fingerprint density at radius 3 is 2.68 bits per heavy atom. The van der Waals surface area contributed by atoms with Crippen LogP contribution in [0.1, 0.15) is 16.1 Å². The molecule has 0 bridgehead atoms. The van der Waals surface area contributed by atoms with E-state index in [-0.39, 0.29) is 5.69 Å². The summed E-state index contributed by atoms with van der Waals surface area (Å²) in [4.78, 5) is 15.3. The van der Waals surface area contributed by atoms with Gasteiger partial charge in [0.25, 0.3) is 0 Å². The van der Waals surface area contributed by atoms with Crippen molar-refractivity contribution in [3.63, 3.8) is 0 Å². The van der Waals surface area contributed by atoms with E-state index in [2.05, 4.69) is 25.7 Å². The third-order valence-electron chi connectivity index (χ3n) is 2.45. The number of benzene rings is 1. The number of carbonyl (C=O) groups excluding carboxylic acids is 1. The average Bonchev–Trinajstić information content (AvgIpc) is 2.46. The quantitative estimate of drug-likeness (QED) is 0.811. The van der Waals surface area contributed by atoms with Crippen LogP contribution in [0.15, 0.2) is 47.1 Å². The van der Waals surface area contributed by atoms with E-state index >= 15 is 0 Å². The Morgan fingerprint density at radius 1 is 1.32 bits per heavy atom. The molecule has 1 aromatic carbocycles. The normalized spacial score (nSPS) is 10.0. The molecule has 4 nitrogen and oxygen atoms in total. The maximum Gasteiger partial charge on any atom is 0.356 e. The molecule has 1 heterocycles. The summed E-state index contributed by atoms with van der Waals surface area (Å²) in [7, 11) is 1.32. The van der Waals surface area contributed by atoms with Gasteiger partial charge in [0.2, 0.25) is 0 Å². The summed E-state index contributed by atoms with van der Waals surface area (Å²) < 4.78 is 10.9. The summed E-state index contributed by atoms with van der Waals surface area (Å²) >= 11 is 3.35. The predicted molar refractivity (Wildman–Crippen MR) is 74.1 cm³/mol. The van der Waals surface area contributed by atoms with Gasteiger partial charge < -0.3 is 9.47 Å². The second-order valence-corrected chi connectivity index (χ2v) is 4.62. The molecule has 0 unspecified atom stereocenters. The van der Waals surface area contributed by atoms with Crippen molar-refractivity contribution in [1.29, 1.82) is 0 Å². The van der Waals surface area contributed by atoms with Gasteiger partial charge in [0.1, 0.15) is 12.3 Å². The number of carbonyl (C=O) groups is 1. The summed E-state index contributed by atoms with van der Waals surface area (Å²) in [6.45, 7) is 0.443. The summed E-state index contributed by atoms with van der Waals surface area (Å²) in [6.07, 6.45) is 1.50. The molecule has 0 amide bonds. The van der Waals surface area contributed by atoms with Crippen molar-refractivity contribution >= 4 is 21.9 Å². The molecule has 0 aliphatic heterocycles. The molecule has 2 rings (SSSR count). The lowest BCUT2D eigenvalue weighted by molar-refractivity contribution is 0.0594. The van der Waals surface area contributed by atoms with Crippen LogP contribution in [0.5, 0.6) is 5.75 Å². The van der Waals surface area contributed by atoms with E-state index < -0.39 is 5.97 Å². The number of methoxy groups -OCH3 is 1. The largest absolute Gasteiger partial charge is 0.486 e. The molecule has 0 spiro atoms. The first-order valence-electron chi connectivity index (χ1n) is 5.61. The molecule has 0 aliphatic carbocycles.